The van der Waals surface area contributed by atoms with Crippen LogP contribution in [0.5, 0.6) is 5.88 Å². The largest absolute Gasteiger partial charge is 0.476 e. The molecule has 2 aromatic heterocycles. The van der Waals surface area contributed by atoms with Crippen LogP contribution in [0.1, 0.15) is 17.5 Å². The molecule has 2 N–H and O–H groups in total. The number of nitrogens with zero attached hydrogens (tertiary/aromatic N) is 5. The molecule has 6 bridgehead atoms. The molecule has 1 aliphatic carbocycles. The molecule has 0 unspecified atom stereocenters. The van der Waals surface area contributed by atoms with Crippen LogP contribution in [0.15, 0.2) is 35.6 Å². The van der Waals surface area contributed by atoms with Crippen LogP contribution in [-0.4, -0.2) is 77.6 Å². The van der Waals surface area contributed by atoms with Crippen LogP contribution in [0.2, 0.25) is 0 Å². The first-order chi connectivity index (χ1) is 16.5. The number of nitrogens with one attached hydrogen (secondary N) is 2. The second kappa shape index (κ2) is 8.33. The van der Waals surface area contributed by atoms with Crippen molar-refractivity contribution < 1.29 is 13.2 Å². The van der Waals surface area contributed by atoms with Crippen LogP contribution in [0.25, 0.3) is 11.1 Å². The maximum atomic E-state index is 13.0. The highest BCUT2D eigenvalue weighted by Crippen LogP contribution is 2.39. The van der Waals surface area contributed by atoms with Gasteiger partial charge in [-0.1, -0.05) is 12.1 Å². The Morgan fingerprint density at radius 2 is 2.03 bits per heavy atom. The van der Waals surface area contributed by atoms with Gasteiger partial charge in [-0.05, 0) is 55.0 Å². The summed E-state index contributed by atoms with van der Waals surface area (Å²) in [5.74, 6) is 1.10. The summed E-state index contributed by atoms with van der Waals surface area (Å²) < 4.78 is 33.5. The lowest BCUT2D eigenvalue weighted by Gasteiger charge is -2.39. The fourth-order valence-corrected chi connectivity index (χ4v) is 6.45. The van der Waals surface area contributed by atoms with Crippen molar-refractivity contribution in [1.82, 2.24) is 29.4 Å². The van der Waals surface area contributed by atoms with E-state index in [9.17, 15) is 8.42 Å². The number of hydrogen-bond donors (Lipinski definition) is 2. The van der Waals surface area contributed by atoms with E-state index < -0.39 is 10.0 Å². The fourth-order valence-electron chi connectivity index (χ4n) is 5.03. The predicted octanol–water partition coefficient (Wildman–Crippen LogP) is 2.04. The third kappa shape index (κ3) is 3.83. The van der Waals surface area contributed by atoms with Gasteiger partial charge in [-0.25, -0.2) is 18.5 Å². The van der Waals surface area contributed by atoms with Crippen molar-refractivity contribution >= 4 is 21.7 Å². The summed E-state index contributed by atoms with van der Waals surface area (Å²) in [6.07, 6.45) is 4.79. The third-order valence-corrected chi connectivity index (χ3v) is 8.48. The lowest BCUT2D eigenvalue weighted by Crippen LogP contribution is -2.53. The normalized spacial score (nSPS) is 23.9. The van der Waals surface area contributed by atoms with Gasteiger partial charge in [-0.2, -0.15) is 9.29 Å². The van der Waals surface area contributed by atoms with Crippen molar-refractivity contribution in [3.63, 3.8) is 0 Å². The summed E-state index contributed by atoms with van der Waals surface area (Å²) in [5, 5.41) is 10.0. The Morgan fingerprint density at radius 3 is 2.91 bits per heavy atom. The molecule has 3 aromatic rings. The molecule has 3 aliphatic heterocycles. The minimum Gasteiger partial charge on any atom is -0.476 e. The molecule has 0 atom stereocenters. The minimum absolute atomic E-state index is 0.128. The minimum atomic E-state index is -3.71. The van der Waals surface area contributed by atoms with Crippen molar-refractivity contribution in [3.05, 3.63) is 41.6 Å². The summed E-state index contributed by atoms with van der Waals surface area (Å²) in [4.78, 5) is 10.9. The smallest absolute Gasteiger partial charge is 0.278 e. The third-order valence-electron chi connectivity index (χ3n) is 6.83. The molecule has 7 rings (SSSR count). The number of aromatic amines is 1. The topological polar surface area (TPSA) is 116 Å². The number of pyridine rings is 1. The van der Waals surface area contributed by atoms with Crippen LogP contribution in [0, 0.1) is 5.92 Å². The molecule has 5 heterocycles. The van der Waals surface area contributed by atoms with E-state index in [0.717, 1.165) is 49.2 Å². The molecule has 178 valence electrons. The van der Waals surface area contributed by atoms with Crippen molar-refractivity contribution in [3.8, 4) is 17.0 Å². The molecule has 0 saturated carbocycles. The van der Waals surface area contributed by atoms with Gasteiger partial charge < -0.3 is 15.0 Å². The molecular weight excluding hydrogens is 454 g/mol. The summed E-state index contributed by atoms with van der Waals surface area (Å²) in [5.41, 5.74) is 5.35. The SMILES string of the molecule is CN1CCOc2cc(ccn2)-c2ccc3c(c2Nc2n[nH]c(n2)S(=O)(=O)N2CC(C1)C2)CCC3. The number of aryl methyl sites for hydroxylation is 1. The fraction of sp³-hybridized carbons (Fsp3) is 0.435. The molecule has 1 saturated heterocycles. The zero-order valence-corrected chi connectivity index (χ0v) is 19.8. The average Bonchev–Trinajstić information content (AvgIpc) is 3.46. The van der Waals surface area contributed by atoms with E-state index in [-0.39, 0.29) is 17.0 Å². The summed E-state index contributed by atoms with van der Waals surface area (Å²) in [7, 11) is -1.68. The van der Waals surface area contributed by atoms with E-state index in [4.69, 9.17) is 4.74 Å². The van der Waals surface area contributed by atoms with Gasteiger partial charge >= 0.3 is 0 Å². The molecule has 1 aromatic carbocycles. The lowest BCUT2D eigenvalue weighted by atomic mass is 9.98. The number of fused-ring (bicyclic) bond motifs is 5. The van der Waals surface area contributed by atoms with Crippen LogP contribution in [0.4, 0.5) is 11.6 Å². The van der Waals surface area contributed by atoms with Gasteiger partial charge in [0.1, 0.15) is 6.61 Å². The Morgan fingerprint density at radius 1 is 1.15 bits per heavy atom. The van der Waals surface area contributed by atoms with E-state index in [2.05, 4.69) is 42.5 Å². The number of aromatic nitrogens is 4. The van der Waals surface area contributed by atoms with Crippen LogP contribution >= 0.6 is 0 Å². The van der Waals surface area contributed by atoms with E-state index in [1.165, 1.54) is 15.4 Å². The maximum Gasteiger partial charge on any atom is 0.278 e. The van der Waals surface area contributed by atoms with Crippen LogP contribution < -0.4 is 10.1 Å². The number of benzene rings is 1. The Balaban J connectivity index is 1.43. The monoisotopic (exact) mass is 481 g/mol. The molecule has 0 amide bonds. The number of rotatable bonds is 0. The number of ether oxygens (including phenoxy) is 1. The molecule has 4 aliphatic rings. The van der Waals surface area contributed by atoms with Gasteiger partial charge in [0.05, 0.1) is 5.69 Å². The van der Waals surface area contributed by atoms with Crippen LogP contribution in [0.3, 0.4) is 0 Å². The zero-order chi connectivity index (χ0) is 23.3. The van der Waals surface area contributed by atoms with Crippen molar-refractivity contribution in [1.29, 1.82) is 0 Å². The summed E-state index contributed by atoms with van der Waals surface area (Å²) in [6, 6.07) is 8.15. The molecule has 1 fully saturated rings. The van der Waals surface area contributed by atoms with Gasteiger partial charge in [-0.3, -0.25) is 0 Å². The standard InChI is InChI=1S/C23H27N7O3S/c1-29-9-10-33-20-11-17(7-8-24-20)19-6-5-16-3-2-4-18(16)21(19)25-22-26-23(28-27-22)34(31,32)30-13-15(12-29)14-30/h5-8,11,15H,2-4,9-10,12-14H2,1H3,(H2,25,26,27,28). The highest BCUT2D eigenvalue weighted by molar-refractivity contribution is 7.89. The Hall–Kier alpha value is -3.02. The second-order valence-electron chi connectivity index (χ2n) is 9.25. The average molecular weight is 482 g/mol. The Bertz CT molecular complexity index is 1330. The van der Waals surface area contributed by atoms with E-state index >= 15 is 0 Å². The second-order valence-corrected chi connectivity index (χ2v) is 11.1. The van der Waals surface area contributed by atoms with Gasteiger partial charge in [0.2, 0.25) is 11.8 Å². The van der Waals surface area contributed by atoms with E-state index in [1.54, 1.807) is 6.20 Å². The highest BCUT2D eigenvalue weighted by Gasteiger charge is 2.39. The lowest BCUT2D eigenvalue weighted by molar-refractivity contribution is 0.135. The van der Waals surface area contributed by atoms with Gasteiger partial charge in [0.25, 0.3) is 15.2 Å². The van der Waals surface area contributed by atoms with Crippen LogP contribution in [-0.2, 0) is 22.9 Å². The zero-order valence-electron chi connectivity index (χ0n) is 19.0. The quantitative estimate of drug-likeness (QED) is 0.501. The first kappa shape index (κ1) is 21.5. The number of anilines is 2. The molecular formula is C23H27N7O3S. The maximum absolute atomic E-state index is 13.0. The summed E-state index contributed by atoms with van der Waals surface area (Å²) in [6.45, 7) is 2.97. The Kier molecular flexibility index (Phi) is 5.27. The first-order valence-electron chi connectivity index (χ1n) is 11.6. The molecule has 0 radical (unpaired) electrons. The Labute approximate surface area is 198 Å². The first-order valence-corrected chi connectivity index (χ1v) is 13.0. The van der Waals surface area contributed by atoms with Crippen molar-refractivity contribution in [2.75, 3.05) is 45.2 Å². The van der Waals surface area contributed by atoms with Crippen molar-refractivity contribution in [2.24, 2.45) is 5.92 Å². The van der Waals surface area contributed by atoms with Crippen molar-refractivity contribution in [2.45, 2.75) is 24.4 Å². The number of likely N-dealkylation sites (N-methyl/N-ethyl adjacent to an activating group) is 1. The molecule has 10 nitrogen and oxygen atoms in total. The highest BCUT2D eigenvalue weighted by atomic mass is 32.2. The number of H-pyrrole nitrogens is 1. The molecule has 11 heteroatoms. The van der Waals surface area contributed by atoms with Gasteiger partial charge in [0, 0.05) is 44.0 Å². The van der Waals surface area contributed by atoms with E-state index in [1.807, 2.05) is 19.2 Å². The molecule has 0 spiro atoms. The summed E-state index contributed by atoms with van der Waals surface area (Å²) >= 11 is 0. The van der Waals surface area contributed by atoms with E-state index in [0.29, 0.717) is 25.6 Å². The molecule has 34 heavy (non-hydrogen) atoms. The number of hydrogen-bond acceptors (Lipinski definition) is 8. The predicted molar refractivity (Wildman–Crippen MR) is 127 cm³/mol. The van der Waals surface area contributed by atoms with Gasteiger partial charge in [-0.15, -0.1) is 5.10 Å². The number of sulfonamides is 1. The van der Waals surface area contributed by atoms with Gasteiger partial charge in [0.15, 0.2) is 0 Å².